The number of aliphatic carboxylic acids is 2. The molecule has 3 aromatic rings. The van der Waals surface area contributed by atoms with Crippen molar-refractivity contribution in [2.75, 3.05) is 32.8 Å². The van der Waals surface area contributed by atoms with Gasteiger partial charge in [-0.05, 0) is 55.8 Å². The molecular weight excluding hydrogens is 525 g/mol. The van der Waals surface area contributed by atoms with Gasteiger partial charge in [-0.25, -0.2) is 23.9 Å². The number of carboxylic acid groups (broad SMARTS) is 2. The van der Waals surface area contributed by atoms with Gasteiger partial charge < -0.3 is 34.5 Å². The lowest BCUT2D eigenvalue weighted by Crippen LogP contribution is -2.43. The quantitative estimate of drug-likeness (QED) is 0.348. The second-order valence-electron chi connectivity index (χ2n) is 9.23. The molecule has 40 heavy (non-hydrogen) atoms. The molecule has 0 bridgehead atoms. The number of hydrogen-bond acceptors (Lipinski definition) is 9. The Morgan fingerprint density at radius 3 is 2.48 bits per heavy atom. The van der Waals surface area contributed by atoms with E-state index in [4.69, 9.17) is 19.7 Å². The van der Waals surface area contributed by atoms with Crippen LogP contribution in [0.3, 0.4) is 0 Å². The molecule has 4 heterocycles. The van der Waals surface area contributed by atoms with Gasteiger partial charge in [0.05, 0.1) is 17.2 Å². The molecule has 13 heteroatoms. The number of ether oxygens (including phenoxy) is 2. The lowest BCUT2D eigenvalue weighted by molar-refractivity contribution is -0.134. The molecule has 0 saturated carbocycles. The zero-order valence-corrected chi connectivity index (χ0v) is 21.7. The van der Waals surface area contributed by atoms with Gasteiger partial charge in [0.15, 0.2) is 5.75 Å². The van der Waals surface area contributed by atoms with Crippen molar-refractivity contribution in [1.82, 2.24) is 24.8 Å². The number of nitrogens with zero attached hydrogens (tertiary/aromatic N) is 4. The Morgan fingerprint density at radius 1 is 1.02 bits per heavy atom. The van der Waals surface area contributed by atoms with Crippen molar-refractivity contribution in [2.24, 2.45) is 0 Å². The third-order valence-corrected chi connectivity index (χ3v) is 6.45. The Labute approximate surface area is 228 Å². The molecular formula is C27H30FN5O7. The minimum Gasteiger partial charge on any atom is -0.484 e. The first-order chi connectivity index (χ1) is 19.3. The SMILES string of the molecule is O=C(O)C=CC(=O)O.O=c1cnc2ccc(F)cc2n1CCN1CCC(NCc2cnc3c(c2)OCCO3)CC1. The second kappa shape index (κ2) is 13.6. The van der Waals surface area contributed by atoms with Crippen molar-refractivity contribution in [3.8, 4) is 11.6 Å². The van der Waals surface area contributed by atoms with Gasteiger partial charge in [-0.1, -0.05) is 0 Å². The Morgan fingerprint density at radius 2 is 1.75 bits per heavy atom. The minimum absolute atomic E-state index is 0.201. The maximum atomic E-state index is 13.7. The number of carbonyl (C=O) groups is 2. The maximum Gasteiger partial charge on any atom is 0.328 e. The molecule has 5 rings (SSSR count). The molecule has 1 saturated heterocycles. The van der Waals surface area contributed by atoms with Gasteiger partial charge in [-0.15, -0.1) is 0 Å². The van der Waals surface area contributed by atoms with Crippen molar-refractivity contribution in [3.05, 3.63) is 70.5 Å². The van der Waals surface area contributed by atoms with Crippen molar-refractivity contribution in [2.45, 2.75) is 32.0 Å². The Kier molecular flexibility index (Phi) is 9.76. The summed E-state index contributed by atoms with van der Waals surface area (Å²) in [5.41, 5.74) is 2.05. The van der Waals surface area contributed by atoms with Gasteiger partial charge >= 0.3 is 11.9 Å². The molecule has 0 atom stereocenters. The maximum absolute atomic E-state index is 13.7. The van der Waals surface area contributed by atoms with Crippen molar-refractivity contribution < 1.29 is 33.7 Å². The zero-order chi connectivity index (χ0) is 28.5. The molecule has 0 unspecified atom stereocenters. The second-order valence-corrected chi connectivity index (χ2v) is 9.23. The van der Waals surface area contributed by atoms with E-state index in [0.717, 1.165) is 44.6 Å². The van der Waals surface area contributed by atoms with E-state index in [2.05, 4.69) is 20.2 Å². The number of fused-ring (bicyclic) bond motifs is 2. The minimum atomic E-state index is -1.26. The lowest BCUT2D eigenvalue weighted by Gasteiger charge is -2.32. The summed E-state index contributed by atoms with van der Waals surface area (Å²) in [6.45, 7) is 4.99. The largest absolute Gasteiger partial charge is 0.484 e. The van der Waals surface area contributed by atoms with Crippen LogP contribution < -0.4 is 20.3 Å². The Hall–Kier alpha value is -4.36. The number of aromatic nitrogens is 3. The first kappa shape index (κ1) is 28.6. The number of carboxylic acids is 2. The van der Waals surface area contributed by atoms with Gasteiger partial charge in [-0.3, -0.25) is 4.79 Å². The fraction of sp³-hybridized carbons (Fsp3) is 0.370. The van der Waals surface area contributed by atoms with E-state index in [9.17, 15) is 18.8 Å². The summed E-state index contributed by atoms with van der Waals surface area (Å²) >= 11 is 0. The molecule has 3 N–H and O–H groups in total. The van der Waals surface area contributed by atoms with E-state index >= 15 is 0 Å². The fourth-order valence-electron chi connectivity index (χ4n) is 4.44. The van der Waals surface area contributed by atoms with Crippen LogP contribution in [0.25, 0.3) is 11.0 Å². The number of hydrogen-bond donors (Lipinski definition) is 3. The summed E-state index contributed by atoms with van der Waals surface area (Å²) < 4.78 is 26.4. The molecule has 0 aliphatic carbocycles. The smallest absolute Gasteiger partial charge is 0.328 e. The van der Waals surface area contributed by atoms with Crippen molar-refractivity contribution in [1.29, 1.82) is 0 Å². The topological polar surface area (TPSA) is 156 Å². The highest BCUT2D eigenvalue weighted by Crippen LogP contribution is 2.28. The molecule has 1 aromatic carbocycles. The van der Waals surface area contributed by atoms with Crippen LogP contribution in [0.2, 0.25) is 0 Å². The van der Waals surface area contributed by atoms with Crippen molar-refractivity contribution in [3.63, 3.8) is 0 Å². The molecule has 2 aliphatic rings. The summed E-state index contributed by atoms with van der Waals surface area (Å²) in [5.74, 6) is -1.60. The Balaban J connectivity index is 0.000000406. The third kappa shape index (κ3) is 8.07. The van der Waals surface area contributed by atoms with Gasteiger partial charge in [-0.2, -0.15) is 0 Å². The molecule has 2 aliphatic heterocycles. The van der Waals surface area contributed by atoms with E-state index in [1.165, 1.54) is 18.3 Å². The highest BCUT2D eigenvalue weighted by atomic mass is 19.1. The summed E-state index contributed by atoms with van der Waals surface area (Å²) in [7, 11) is 0. The number of benzene rings is 1. The fourth-order valence-corrected chi connectivity index (χ4v) is 4.44. The number of piperidine rings is 1. The zero-order valence-electron chi connectivity index (χ0n) is 21.7. The average Bonchev–Trinajstić information content (AvgIpc) is 2.95. The number of pyridine rings is 1. The van der Waals surface area contributed by atoms with Crippen LogP contribution in [-0.4, -0.2) is 80.5 Å². The van der Waals surface area contributed by atoms with Crippen LogP contribution in [-0.2, 0) is 22.7 Å². The number of rotatable bonds is 8. The molecule has 212 valence electrons. The molecule has 0 radical (unpaired) electrons. The van der Waals surface area contributed by atoms with Crippen LogP contribution in [0.15, 0.2) is 53.6 Å². The average molecular weight is 556 g/mol. The summed E-state index contributed by atoms with van der Waals surface area (Å²) in [5, 5.41) is 19.2. The van der Waals surface area contributed by atoms with Crippen LogP contribution in [0.1, 0.15) is 18.4 Å². The summed E-state index contributed by atoms with van der Waals surface area (Å²) in [6.07, 6.45) is 6.31. The predicted octanol–water partition coefficient (Wildman–Crippen LogP) is 1.67. The molecule has 1 fully saturated rings. The highest BCUT2D eigenvalue weighted by Gasteiger charge is 2.20. The highest BCUT2D eigenvalue weighted by molar-refractivity contribution is 5.89. The first-order valence-electron chi connectivity index (χ1n) is 12.8. The van der Waals surface area contributed by atoms with E-state index in [0.29, 0.717) is 60.6 Å². The summed E-state index contributed by atoms with van der Waals surface area (Å²) in [4.78, 5) is 42.2. The molecule has 0 amide bonds. The normalized spacial score (nSPS) is 15.5. The standard InChI is InChI=1S/C23H26FN5O3.C4H4O4/c24-17-1-2-19-20(12-17)29(22(30)15-26-19)8-7-28-5-3-18(4-6-28)25-13-16-11-21-23(27-14-16)32-10-9-31-21;5-3(6)1-2-4(7)8/h1-2,11-12,14-15,18,25H,3-10,13H2;1-2H,(H,5,6)(H,7,8). The Bertz CT molecular complexity index is 1420. The monoisotopic (exact) mass is 555 g/mol. The van der Waals surface area contributed by atoms with Crippen LogP contribution in [0.4, 0.5) is 4.39 Å². The van der Waals surface area contributed by atoms with Gasteiger partial charge in [0.1, 0.15) is 19.0 Å². The van der Waals surface area contributed by atoms with Crippen LogP contribution in [0.5, 0.6) is 11.6 Å². The third-order valence-electron chi connectivity index (χ3n) is 6.45. The van der Waals surface area contributed by atoms with Crippen LogP contribution >= 0.6 is 0 Å². The van der Waals surface area contributed by atoms with E-state index < -0.39 is 11.9 Å². The summed E-state index contributed by atoms with van der Waals surface area (Å²) in [6, 6.07) is 6.77. The van der Waals surface area contributed by atoms with Gasteiger partial charge in [0.2, 0.25) is 0 Å². The molecule has 0 spiro atoms. The van der Waals surface area contributed by atoms with E-state index in [-0.39, 0.29) is 11.4 Å². The predicted molar refractivity (Wildman–Crippen MR) is 142 cm³/mol. The van der Waals surface area contributed by atoms with Gasteiger partial charge in [0, 0.05) is 44.0 Å². The lowest BCUT2D eigenvalue weighted by atomic mass is 10.0. The van der Waals surface area contributed by atoms with Gasteiger partial charge in [0.25, 0.3) is 11.4 Å². The number of likely N-dealkylation sites (tertiary alicyclic amines) is 1. The molecule has 12 nitrogen and oxygen atoms in total. The van der Waals surface area contributed by atoms with Crippen LogP contribution in [0, 0.1) is 5.82 Å². The number of halogens is 1. The molecule has 2 aromatic heterocycles. The van der Waals surface area contributed by atoms with Crippen molar-refractivity contribution >= 4 is 23.0 Å². The van der Waals surface area contributed by atoms with E-state index in [1.807, 2.05) is 12.3 Å². The first-order valence-corrected chi connectivity index (χ1v) is 12.8. The number of nitrogens with one attached hydrogen (secondary N) is 1. The van der Waals surface area contributed by atoms with E-state index in [1.54, 1.807) is 10.6 Å².